The number of aromatic carboxylic acids is 1. The lowest BCUT2D eigenvalue weighted by Gasteiger charge is -2.26. The molecule has 0 atom stereocenters. The van der Waals surface area contributed by atoms with Gasteiger partial charge in [-0.2, -0.15) is 0 Å². The van der Waals surface area contributed by atoms with Crippen molar-refractivity contribution in [1.29, 1.82) is 0 Å². The van der Waals surface area contributed by atoms with Crippen LogP contribution in [-0.2, 0) is 4.74 Å². The standard InChI is InChI=1S/C15H19NO4/c1-5-9-16(14(19)20-15(2,3)4)12-8-6-7-11(10-12)13(17)18/h5-8,10H,1,9H2,2-4H3,(H,17,18). The molecule has 0 spiro atoms. The number of ether oxygens (including phenoxy) is 1. The third kappa shape index (κ3) is 4.42. The Morgan fingerprint density at radius 3 is 2.55 bits per heavy atom. The number of benzene rings is 1. The minimum atomic E-state index is -1.05. The van der Waals surface area contributed by atoms with Gasteiger partial charge in [-0.1, -0.05) is 12.1 Å². The number of rotatable bonds is 4. The van der Waals surface area contributed by atoms with Crippen LogP contribution in [0.5, 0.6) is 0 Å². The van der Waals surface area contributed by atoms with Crippen LogP contribution in [0.15, 0.2) is 36.9 Å². The SMILES string of the molecule is C=CCN(C(=O)OC(C)(C)C)c1cccc(C(=O)O)c1. The molecular weight excluding hydrogens is 258 g/mol. The normalized spacial score (nSPS) is 10.8. The van der Waals surface area contributed by atoms with E-state index in [1.54, 1.807) is 39.0 Å². The predicted molar refractivity (Wildman–Crippen MR) is 77.2 cm³/mol. The van der Waals surface area contributed by atoms with Crippen molar-refractivity contribution in [2.45, 2.75) is 26.4 Å². The number of carboxylic acid groups (broad SMARTS) is 1. The summed E-state index contributed by atoms with van der Waals surface area (Å²) in [5, 5.41) is 8.99. The number of amides is 1. The van der Waals surface area contributed by atoms with Gasteiger partial charge in [-0.3, -0.25) is 4.90 Å². The van der Waals surface area contributed by atoms with Gasteiger partial charge in [0.05, 0.1) is 5.56 Å². The maximum atomic E-state index is 12.1. The topological polar surface area (TPSA) is 66.8 Å². The van der Waals surface area contributed by atoms with Gasteiger partial charge >= 0.3 is 12.1 Å². The van der Waals surface area contributed by atoms with E-state index in [0.717, 1.165) is 0 Å². The van der Waals surface area contributed by atoms with Crippen molar-refractivity contribution in [2.75, 3.05) is 11.4 Å². The summed E-state index contributed by atoms with van der Waals surface area (Å²) in [5.74, 6) is -1.05. The molecule has 0 heterocycles. The minimum absolute atomic E-state index is 0.111. The molecule has 1 N–H and O–H groups in total. The number of carboxylic acids is 1. The predicted octanol–water partition coefficient (Wildman–Crippen LogP) is 3.31. The highest BCUT2D eigenvalue weighted by Crippen LogP contribution is 2.19. The molecule has 108 valence electrons. The Morgan fingerprint density at radius 2 is 2.05 bits per heavy atom. The Labute approximate surface area is 118 Å². The molecule has 0 aromatic heterocycles. The lowest BCUT2D eigenvalue weighted by atomic mass is 10.2. The fourth-order valence-electron chi connectivity index (χ4n) is 1.54. The molecule has 0 aliphatic heterocycles. The summed E-state index contributed by atoms with van der Waals surface area (Å²) < 4.78 is 5.30. The van der Waals surface area contributed by atoms with E-state index in [0.29, 0.717) is 5.69 Å². The Balaban J connectivity index is 3.07. The Hall–Kier alpha value is -2.30. The van der Waals surface area contributed by atoms with Crippen molar-refractivity contribution < 1.29 is 19.4 Å². The van der Waals surface area contributed by atoms with E-state index in [1.165, 1.54) is 17.0 Å². The van der Waals surface area contributed by atoms with Crippen molar-refractivity contribution in [1.82, 2.24) is 0 Å². The average Bonchev–Trinajstić information content (AvgIpc) is 2.33. The third-order valence-corrected chi connectivity index (χ3v) is 2.33. The molecule has 1 aromatic rings. The molecule has 0 radical (unpaired) electrons. The van der Waals surface area contributed by atoms with Crippen LogP contribution < -0.4 is 4.90 Å². The molecule has 0 fully saturated rings. The quantitative estimate of drug-likeness (QED) is 0.857. The van der Waals surface area contributed by atoms with Crippen LogP contribution in [0.25, 0.3) is 0 Å². The van der Waals surface area contributed by atoms with E-state index in [9.17, 15) is 9.59 Å². The van der Waals surface area contributed by atoms with Crippen LogP contribution >= 0.6 is 0 Å². The van der Waals surface area contributed by atoms with Gasteiger partial charge in [0.25, 0.3) is 0 Å². The van der Waals surface area contributed by atoms with Gasteiger partial charge < -0.3 is 9.84 Å². The van der Waals surface area contributed by atoms with Gasteiger partial charge in [-0.15, -0.1) is 6.58 Å². The third-order valence-electron chi connectivity index (χ3n) is 2.33. The molecular formula is C15H19NO4. The summed E-state index contributed by atoms with van der Waals surface area (Å²) in [4.78, 5) is 24.5. The zero-order valence-electron chi connectivity index (χ0n) is 11.9. The molecule has 5 nitrogen and oxygen atoms in total. The first-order valence-corrected chi connectivity index (χ1v) is 6.19. The lowest BCUT2D eigenvalue weighted by Crippen LogP contribution is -2.37. The molecule has 0 aliphatic rings. The van der Waals surface area contributed by atoms with Crippen LogP contribution in [0.4, 0.5) is 10.5 Å². The van der Waals surface area contributed by atoms with Crippen molar-refractivity contribution >= 4 is 17.7 Å². The summed E-state index contributed by atoms with van der Waals surface area (Å²) in [6.07, 6.45) is 1.01. The molecule has 5 heteroatoms. The van der Waals surface area contributed by atoms with E-state index in [4.69, 9.17) is 9.84 Å². The first-order chi connectivity index (χ1) is 9.24. The van der Waals surface area contributed by atoms with Crippen LogP contribution in [0, 0.1) is 0 Å². The lowest BCUT2D eigenvalue weighted by molar-refractivity contribution is 0.0582. The van der Waals surface area contributed by atoms with E-state index >= 15 is 0 Å². The molecule has 0 bridgehead atoms. The Bertz CT molecular complexity index is 517. The zero-order chi connectivity index (χ0) is 15.3. The fourth-order valence-corrected chi connectivity index (χ4v) is 1.54. The van der Waals surface area contributed by atoms with E-state index in [1.807, 2.05) is 0 Å². The van der Waals surface area contributed by atoms with Crippen LogP contribution in [0.1, 0.15) is 31.1 Å². The first kappa shape index (κ1) is 15.8. The summed E-state index contributed by atoms with van der Waals surface area (Å²) in [5.41, 5.74) is -0.0554. The number of nitrogens with zero attached hydrogens (tertiary/aromatic N) is 1. The second-order valence-corrected chi connectivity index (χ2v) is 5.24. The van der Waals surface area contributed by atoms with Gasteiger partial charge in [-0.05, 0) is 39.0 Å². The highest BCUT2D eigenvalue weighted by Gasteiger charge is 2.23. The number of carbonyl (C=O) groups is 2. The van der Waals surface area contributed by atoms with Crippen molar-refractivity contribution in [3.05, 3.63) is 42.5 Å². The van der Waals surface area contributed by atoms with Gasteiger partial charge in [0, 0.05) is 12.2 Å². The maximum Gasteiger partial charge on any atom is 0.415 e. The zero-order valence-corrected chi connectivity index (χ0v) is 11.9. The second-order valence-electron chi connectivity index (χ2n) is 5.24. The molecule has 1 rings (SSSR count). The number of hydrogen-bond donors (Lipinski definition) is 1. The molecule has 0 unspecified atom stereocenters. The first-order valence-electron chi connectivity index (χ1n) is 6.19. The summed E-state index contributed by atoms with van der Waals surface area (Å²) in [6, 6.07) is 6.13. The monoisotopic (exact) mass is 277 g/mol. The van der Waals surface area contributed by atoms with Crippen molar-refractivity contribution in [3.63, 3.8) is 0 Å². The minimum Gasteiger partial charge on any atom is -0.478 e. The smallest absolute Gasteiger partial charge is 0.415 e. The summed E-state index contributed by atoms with van der Waals surface area (Å²) in [6.45, 7) is 9.14. The van der Waals surface area contributed by atoms with E-state index in [2.05, 4.69) is 6.58 Å². The average molecular weight is 277 g/mol. The highest BCUT2D eigenvalue weighted by molar-refractivity contribution is 5.92. The molecule has 1 amide bonds. The van der Waals surface area contributed by atoms with E-state index < -0.39 is 17.7 Å². The van der Waals surface area contributed by atoms with Gasteiger partial charge in [0.1, 0.15) is 5.60 Å². The highest BCUT2D eigenvalue weighted by atomic mass is 16.6. The fraction of sp³-hybridized carbons (Fsp3) is 0.333. The van der Waals surface area contributed by atoms with Crippen LogP contribution in [-0.4, -0.2) is 29.3 Å². The van der Waals surface area contributed by atoms with Gasteiger partial charge in [-0.25, -0.2) is 9.59 Å². The molecule has 0 aliphatic carbocycles. The van der Waals surface area contributed by atoms with Crippen molar-refractivity contribution in [2.24, 2.45) is 0 Å². The summed E-state index contributed by atoms with van der Waals surface area (Å²) in [7, 11) is 0. The number of carbonyl (C=O) groups excluding carboxylic acids is 1. The van der Waals surface area contributed by atoms with Gasteiger partial charge in [0.2, 0.25) is 0 Å². The van der Waals surface area contributed by atoms with Gasteiger partial charge in [0.15, 0.2) is 0 Å². The number of hydrogen-bond acceptors (Lipinski definition) is 3. The Morgan fingerprint density at radius 1 is 1.40 bits per heavy atom. The van der Waals surface area contributed by atoms with E-state index in [-0.39, 0.29) is 12.1 Å². The molecule has 1 aromatic carbocycles. The van der Waals surface area contributed by atoms with Crippen LogP contribution in [0.3, 0.4) is 0 Å². The van der Waals surface area contributed by atoms with Crippen molar-refractivity contribution in [3.8, 4) is 0 Å². The Kier molecular flexibility index (Phi) is 4.91. The largest absolute Gasteiger partial charge is 0.478 e. The summed E-state index contributed by atoms with van der Waals surface area (Å²) >= 11 is 0. The maximum absolute atomic E-state index is 12.1. The molecule has 0 saturated heterocycles. The number of anilines is 1. The molecule has 0 saturated carbocycles. The second kappa shape index (κ2) is 6.23. The molecule has 20 heavy (non-hydrogen) atoms. The van der Waals surface area contributed by atoms with Crippen LogP contribution in [0.2, 0.25) is 0 Å².